The summed E-state index contributed by atoms with van der Waals surface area (Å²) in [5.41, 5.74) is -0.197. The maximum atomic E-state index is 15.6. The van der Waals surface area contributed by atoms with Crippen LogP contribution >= 0.6 is 42.5 Å². The number of thiophene rings is 1. The molecule has 17 heteroatoms. The molecule has 0 amide bonds. The Hall–Kier alpha value is -2.36. The molecule has 0 radical (unpaired) electrons. The molecule has 222 valence electrons. The molecule has 0 N–H and O–H groups in total. The lowest BCUT2D eigenvalue weighted by Gasteiger charge is -2.22. The molecule has 0 aliphatic heterocycles. The van der Waals surface area contributed by atoms with Crippen LogP contribution in [0.1, 0.15) is 35.0 Å². The minimum Gasteiger partial charge on any atom is -0.416 e. The van der Waals surface area contributed by atoms with Crippen LogP contribution < -0.4 is 4.74 Å². The zero-order valence-electron chi connectivity index (χ0n) is 21.0. The lowest BCUT2D eigenvalue weighted by molar-refractivity contribution is -0.109. The number of rotatable bonds is 12. The third-order valence-electron chi connectivity index (χ3n) is 4.98. The Morgan fingerprint density at radius 2 is 1.37 bits per heavy atom. The highest BCUT2D eigenvalue weighted by molar-refractivity contribution is 8.13. The fraction of sp³-hybridized carbons (Fsp3) is 0.292. The van der Waals surface area contributed by atoms with E-state index in [1.165, 1.54) is 32.0 Å². The van der Waals surface area contributed by atoms with Crippen molar-refractivity contribution in [2.45, 2.75) is 19.8 Å². The first-order valence-corrected chi connectivity index (χ1v) is 15.7. The van der Waals surface area contributed by atoms with Gasteiger partial charge in [-0.2, -0.15) is 8.78 Å². The molecule has 0 spiro atoms. The van der Waals surface area contributed by atoms with E-state index in [0.29, 0.717) is 16.0 Å². The number of alkyl halides is 1. The van der Waals surface area contributed by atoms with Crippen molar-refractivity contribution in [2.24, 2.45) is 0 Å². The zero-order chi connectivity index (χ0) is 30.5. The van der Waals surface area contributed by atoms with Gasteiger partial charge < -0.3 is 13.8 Å². The van der Waals surface area contributed by atoms with E-state index in [-0.39, 0.29) is 50.8 Å². The summed E-state index contributed by atoms with van der Waals surface area (Å²) in [5, 5.41) is -0.293. The molecular formula is C24H19F6O7PS3. The first-order chi connectivity index (χ1) is 19.2. The first kappa shape index (κ1) is 33.1. The first-order valence-electron chi connectivity index (χ1n) is 11.3. The number of carbonyl (C=O) groups is 3. The van der Waals surface area contributed by atoms with Gasteiger partial charge in [0, 0.05) is 30.1 Å². The van der Waals surface area contributed by atoms with Crippen molar-refractivity contribution in [2.75, 3.05) is 24.7 Å². The molecule has 0 saturated carbocycles. The standard InChI is InChI=1S/C24H19F6O7PS3/c1-11(31)39-7-5-35-38(34,36-6-8-40-12(2)32)23(30)13-3-4-15-14(9-13)10-16(41-15)24(33)37-22-20(28)18(26)17(25)19(27)21(22)29/h3-4,9-10,23H,5-8H2,1-2H3. The predicted octanol–water partition coefficient (Wildman–Crippen LogP) is 7.57. The number of esters is 1. The summed E-state index contributed by atoms with van der Waals surface area (Å²) in [4.78, 5) is 34.4. The van der Waals surface area contributed by atoms with E-state index < -0.39 is 54.3 Å². The van der Waals surface area contributed by atoms with Crippen molar-refractivity contribution in [3.63, 3.8) is 0 Å². The van der Waals surface area contributed by atoms with Crippen LogP contribution in [0.5, 0.6) is 5.75 Å². The van der Waals surface area contributed by atoms with E-state index in [0.717, 1.165) is 29.6 Å². The lowest BCUT2D eigenvalue weighted by Crippen LogP contribution is -2.12. The van der Waals surface area contributed by atoms with E-state index in [4.69, 9.17) is 9.05 Å². The van der Waals surface area contributed by atoms with Crippen molar-refractivity contribution in [1.29, 1.82) is 0 Å². The highest BCUT2D eigenvalue weighted by atomic mass is 32.2. The van der Waals surface area contributed by atoms with Gasteiger partial charge in [0.1, 0.15) is 4.88 Å². The molecule has 0 bridgehead atoms. The third kappa shape index (κ3) is 8.14. The summed E-state index contributed by atoms with van der Waals surface area (Å²) in [6.07, 6.45) is 0. The van der Waals surface area contributed by atoms with Crippen LogP contribution in [0.25, 0.3) is 10.1 Å². The predicted molar refractivity (Wildman–Crippen MR) is 143 cm³/mol. The molecule has 0 saturated heterocycles. The molecule has 41 heavy (non-hydrogen) atoms. The Bertz CT molecular complexity index is 1480. The van der Waals surface area contributed by atoms with Crippen LogP contribution in [0.3, 0.4) is 0 Å². The van der Waals surface area contributed by atoms with Gasteiger partial charge in [0.15, 0.2) is 10.2 Å². The van der Waals surface area contributed by atoms with E-state index in [9.17, 15) is 40.9 Å². The lowest BCUT2D eigenvalue weighted by atomic mass is 10.2. The van der Waals surface area contributed by atoms with Crippen LogP contribution in [-0.4, -0.2) is 40.9 Å². The van der Waals surface area contributed by atoms with Crippen LogP contribution in [0.4, 0.5) is 26.3 Å². The van der Waals surface area contributed by atoms with Crippen molar-refractivity contribution < 1.29 is 59.1 Å². The maximum Gasteiger partial charge on any atom is 0.369 e. The molecule has 0 aliphatic rings. The van der Waals surface area contributed by atoms with Gasteiger partial charge in [-0.15, -0.1) is 11.3 Å². The van der Waals surface area contributed by atoms with E-state index in [1.807, 2.05) is 0 Å². The zero-order valence-corrected chi connectivity index (χ0v) is 24.4. The molecule has 0 aliphatic carbocycles. The molecule has 3 aromatic rings. The highest BCUT2D eigenvalue weighted by Crippen LogP contribution is 2.62. The second-order valence-electron chi connectivity index (χ2n) is 7.92. The van der Waals surface area contributed by atoms with Crippen LogP contribution in [0.15, 0.2) is 24.3 Å². The number of halogens is 6. The summed E-state index contributed by atoms with van der Waals surface area (Å²) in [6.45, 7) is 2.02. The maximum absolute atomic E-state index is 15.6. The second kappa shape index (κ2) is 14.2. The summed E-state index contributed by atoms with van der Waals surface area (Å²) in [5.74, 6) is -17.1. The smallest absolute Gasteiger partial charge is 0.369 e. The Morgan fingerprint density at radius 3 is 1.88 bits per heavy atom. The average Bonchev–Trinajstić information content (AvgIpc) is 3.36. The largest absolute Gasteiger partial charge is 0.416 e. The van der Waals surface area contributed by atoms with E-state index in [1.54, 1.807) is 0 Å². The topological polar surface area (TPSA) is 96.0 Å². The summed E-state index contributed by atoms with van der Waals surface area (Å²) < 4.78 is 112. The fourth-order valence-corrected chi connectivity index (χ4v) is 6.81. The second-order valence-corrected chi connectivity index (χ2v) is 13.6. The number of carbonyl (C=O) groups excluding carboxylic acids is 3. The minimum absolute atomic E-state index is 0.0652. The van der Waals surface area contributed by atoms with Gasteiger partial charge in [0.2, 0.25) is 40.7 Å². The van der Waals surface area contributed by atoms with Crippen molar-refractivity contribution in [3.8, 4) is 5.75 Å². The third-order valence-corrected chi connectivity index (χ3v) is 9.57. The van der Waals surface area contributed by atoms with Crippen molar-refractivity contribution >= 4 is 68.7 Å². The molecule has 1 unspecified atom stereocenters. The molecule has 7 nitrogen and oxygen atoms in total. The summed E-state index contributed by atoms with van der Waals surface area (Å²) in [6, 6.07) is 4.86. The molecule has 2 aromatic carbocycles. The normalized spacial score (nSPS) is 12.5. The van der Waals surface area contributed by atoms with Crippen molar-refractivity contribution in [3.05, 3.63) is 63.8 Å². The van der Waals surface area contributed by atoms with Gasteiger partial charge in [-0.05, 0) is 29.1 Å². The number of benzene rings is 2. The Labute approximate surface area is 241 Å². The number of hydrogen-bond acceptors (Lipinski definition) is 10. The minimum atomic E-state index is -4.50. The Balaban J connectivity index is 1.84. The highest BCUT2D eigenvalue weighted by Gasteiger charge is 2.38. The SMILES string of the molecule is CC(=O)SCCOP(=O)(OCCSC(C)=O)C(F)c1ccc2sc(C(=O)Oc3c(F)c(F)c(F)c(F)c3F)cc2c1. The fourth-order valence-electron chi connectivity index (χ4n) is 3.18. The molecule has 0 fully saturated rings. The van der Waals surface area contributed by atoms with Gasteiger partial charge in [-0.25, -0.2) is 22.4 Å². The van der Waals surface area contributed by atoms with Crippen LogP contribution in [0, 0.1) is 29.1 Å². The van der Waals surface area contributed by atoms with E-state index >= 15 is 4.39 Å². The molecule has 1 heterocycles. The van der Waals surface area contributed by atoms with Gasteiger partial charge in [-0.1, -0.05) is 29.6 Å². The van der Waals surface area contributed by atoms with Crippen molar-refractivity contribution in [1.82, 2.24) is 0 Å². The summed E-state index contributed by atoms with van der Waals surface area (Å²) in [7, 11) is -4.50. The number of fused-ring (bicyclic) bond motifs is 1. The van der Waals surface area contributed by atoms with Gasteiger partial charge in [0.25, 0.3) is 0 Å². The van der Waals surface area contributed by atoms with Gasteiger partial charge in [0.05, 0.1) is 13.2 Å². The molecule has 1 atom stereocenters. The van der Waals surface area contributed by atoms with Gasteiger partial charge >= 0.3 is 13.6 Å². The summed E-state index contributed by atoms with van der Waals surface area (Å²) >= 11 is 2.43. The molecule has 3 rings (SSSR count). The van der Waals surface area contributed by atoms with Crippen LogP contribution in [0.2, 0.25) is 0 Å². The average molecular weight is 661 g/mol. The Morgan fingerprint density at radius 1 is 0.854 bits per heavy atom. The molecular weight excluding hydrogens is 641 g/mol. The number of thioether (sulfide) groups is 2. The van der Waals surface area contributed by atoms with Crippen LogP contribution in [-0.2, 0) is 23.2 Å². The Kier molecular flexibility index (Phi) is 11.5. The van der Waals surface area contributed by atoms with Gasteiger partial charge in [-0.3, -0.25) is 14.2 Å². The number of hydrogen-bond donors (Lipinski definition) is 0. The molecule has 1 aromatic heterocycles. The monoisotopic (exact) mass is 660 g/mol. The van der Waals surface area contributed by atoms with E-state index in [2.05, 4.69) is 4.74 Å². The number of ether oxygens (including phenoxy) is 1. The quantitative estimate of drug-likeness (QED) is 0.0371.